The van der Waals surface area contributed by atoms with Crippen molar-refractivity contribution < 1.29 is 9.53 Å². The molecule has 1 saturated heterocycles. The van der Waals surface area contributed by atoms with E-state index in [1.165, 1.54) is 4.88 Å². The zero-order chi connectivity index (χ0) is 14.4. The van der Waals surface area contributed by atoms with Crippen LogP contribution in [-0.2, 0) is 9.53 Å². The van der Waals surface area contributed by atoms with Gasteiger partial charge < -0.3 is 15.4 Å². The highest BCUT2D eigenvalue weighted by atomic mass is 32.1. The Balaban J connectivity index is 1.69. The number of nitrogens with one attached hydrogen (secondary N) is 2. The fourth-order valence-electron chi connectivity index (χ4n) is 2.54. The first kappa shape index (κ1) is 15.5. The van der Waals surface area contributed by atoms with Crippen molar-refractivity contribution in [3.8, 4) is 0 Å². The van der Waals surface area contributed by atoms with Gasteiger partial charge in [0.25, 0.3) is 0 Å². The fraction of sp³-hybridized carbons (Fsp3) is 0.667. The van der Waals surface area contributed by atoms with E-state index in [0.717, 1.165) is 26.1 Å². The minimum atomic E-state index is 0.0600. The Morgan fingerprint density at radius 3 is 2.85 bits per heavy atom. The molecule has 2 atom stereocenters. The minimum Gasteiger partial charge on any atom is -0.381 e. The first-order valence-corrected chi connectivity index (χ1v) is 8.18. The topological polar surface area (TPSA) is 50.4 Å². The predicted molar refractivity (Wildman–Crippen MR) is 81.9 cm³/mol. The lowest BCUT2D eigenvalue weighted by Gasteiger charge is -2.28. The van der Waals surface area contributed by atoms with Crippen molar-refractivity contribution in [2.24, 2.45) is 5.92 Å². The van der Waals surface area contributed by atoms with Gasteiger partial charge >= 0.3 is 0 Å². The average molecular weight is 296 g/mol. The Morgan fingerprint density at radius 1 is 1.45 bits per heavy atom. The van der Waals surface area contributed by atoms with Crippen LogP contribution in [0.2, 0.25) is 0 Å². The van der Waals surface area contributed by atoms with Gasteiger partial charge in [0.15, 0.2) is 0 Å². The lowest BCUT2D eigenvalue weighted by atomic mass is 9.93. The summed E-state index contributed by atoms with van der Waals surface area (Å²) in [6, 6.07) is 4.51. The molecule has 2 rings (SSSR count). The molecule has 1 aromatic rings. The van der Waals surface area contributed by atoms with Gasteiger partial charge in [-0.2, -0.15) is 0 Å². The molecule has 0 radical (unpaired) electrons. The van der Waals surface area contributed by atoms with Crippen LogP contribution in [0.1, 0.15) is 37.6 Å². The van der Waals surface area contributed by atoms with Gasteiger partial charge in [-0.15, -0.1) is 11.3 Å². The highest BCUT2D eigenvalue weighted by Gasteiger charge is 2.20. The first-order chi connectivity index (χ1) is 9.66. The van der Waals surface area contributed by atoms with Crippen LogP contribution >= 0.6 is 11.3 Å². The third-order valence-electron chi connectivity index (χ3n) is 3.91. The van der Waals surface area contributed by atoms with E-state index < -0.39 is 0 Å². The molecule has 20 heavy (non-hydrogen) atoms. The molecule has 0 saturated carbocycles. The molecule has 1 fully saturated rings. The molecule has 2 heterocycles. The second-order valence-electron chi connectivity index (χ2n) is 5.42. The third-order valence-corrected chi connectivity index (χ3v) is 4.96. The zero-order valence-electron chi connectivity index (χ0n) is 12.2. The molecule has 1 aliphatic rings. The van der Waals surface area contributed by atoms with Crippen molar-refractivity contribution in [1.29, 1.82) is 0 Å². The molecular weight excluding hydrogens is 272 g/mol. The number of ether oxygens (including phenoxy) is 1. The molecule has 1 aromatic heterocycles. The number of rotatable bonds is 6. The molecule has 2 unspecified atom stereocenters. The SMILES string of the molecule is CC(NC(=O)CNC(C)C1CCOCC1)c1cccs1. The van der Waals surface area contributed by atoms with E-state index in [9.17, 15) is 4.79 Å². The Labute approximate surface area is 124 Å². The largest absolute Gasteiger partial charge is 0.381 e. The quantitative estimate of drug-likeness (QED) is 0.847. The maximum Gasteiger partial charge on any atom is 0.234 e. The molecule has 1 amide bonds. The summed E-state index contributed by atoms with van der Waals surface area (Å²) in [6.07, 6.45) is 2.17. The Morgan fingerprint density at radius 2 is 2.20 bits per heavy atom. The van der Waals surface area contributed by atoms with Gasteiger partial charge in [0.1, 0.15) is 0 Å². The van der Waals surface area contributed by atoms with E-state index in [0.29, 0.717) is 18.5 Å². The normalized spacial score (nSPS) is 19.5. The van der Waals surface area contributed by atoms with Gasteiger partial charge in [-0.1, -0.05) is 6.07 Å². The van der Waals surface area contributed by atoms with E-state index in [1.54, 1.807) is 11.3 Å². The van der Waals surface area contributed by atoms with Crippen LogP contribution in [0.3, 0.4) is 0 Å². The smallest absolute Gasteiger partial charge is 0.234 e. The molecule has 5 heteroatoms. The summed E-state index contributed by atoms with van der Waals surface area (Å²) in [5, 5.41) is 8.39. The van der Waals surface area contributed by atoms with E-state index in [4.69, 9.17) is 4.74 Å². The number of hydrogen-bond donors (Lipinski definition) is 2. The van der Waals surface area contributed by atoms with Gasteiger partial charge in [-0.25, -0.2) is 0 Å². The van der Waals surface area contributed by atoms with Crippen molar-refractivity contribution in [2.75, 3.05) is 19.8 Å². The molecule has 0 bridgehead atoms. The summed E-state index contributed by atoms with van der Waals surface area (Å²) in [5.41, 5.74) is 0. The standard InChI is InChI=1S/C15H24N2O2S/c1-11(13-5-7-19-8-6-13)16-10-15(18)17-12(2)14-4-3-9-20-14/h3-4,9,11-13,16H,5-8,10H2,1-2H3,(H,17,18). The van der Waals surface area contributed by atoms with Gasteiger partial charge in [0, 0.05) is 24.1 Å². The molecule has 0 spiro atoms. The minimum absolute atomic E-state index is 0.0600. The maximum atomic E-state index is 11.9. The summed E-state index contributed by atoms with van der Waals surface area (Å²) in [6.45, 7) is 6.25. The monoisotopic (exact) mass is 296 g/mol. The van der Waals surface area contributed by atoms with Gasteiger partial charge in [0.2, 0.25) is 5.91 Å². The van der Waals surface area contributed by atoms with Crippen molar-refractivity contribution in [1.82, 2.24) is 10.6 Å². The average Bonchev–Trinajstić information content (AvgIpc) is 3.00. The lowest BCUT2D eigenvalue weighted by Crippen LogP contribution is -2.43. The summed E-state index contributed by atoms with van der Waals surface area (Å²) in [5.74, 6) is 0.677. The van der Waals surface area contributed by atoms with Crippen LogP contribution in [0.5, 0.6) is 0 Å². The maximum absolute atomic E-state index is 11.9. The van der Waals surface area contributed by atoms with Crippen molar-refractivity contribution >= 4 is 17.2 Å². The van der Waals surface area contributed by atoms with E-state index >= 15 is 0 Å². The van der Waals surface area contributed by atoms with E-state index in [1.807, 2.05) is 24.4 Å². The Bertz CT molecular complexity index is 402. The molecule has 4 nitrogen and oxygen atoms in total. The number of hydrogen-bond acceptors (Lipinski definition) is 4. The molecule has 0 aromatic carbocycles. The van der Waals surface area contributed by atoms with Gasteiger partial charge in [0.05, 0.1) is 12.6 Å². The number of thiophene rings is 1. The van der Waals surface area contributed by atoms with Crippen LogP contribution in [0.25, 0.3) is 0 Å². The summed E-state index contributed by atoms with van der Waals surface area (Å²) in [4.78, 5) is 13.1. The lowest BCUT2D eigenvalue weighted by molar-refractivity contribution is -0.121. The van der Waals surface area contributed by atoms with Crippen LogP contribution < -0.4 is 10.6 Å². The van der Waals surface area contributed by atoms with Gasteiger partial charge in [-0.3, -0.25) is 4.79 Å². The van der Waals surface area contributed by atoms with Crippen LogP contribution in [0.15, 0.2) is 17.5 Å². The van der Waals surface area contributed by atoms with Crippen LogP contribution in [0.4, 0.5) is 0 Å². The fourth-order valence-corrected chi connectivity index (χ4v) is 3.27. The number of amides is 1. The van der Waals surface area contributed by atoms with Crippen molar-refractivity contribution in [3.63, 3.8) is 0 Å². The second-order valence-corrected chi connectivity index (χ2v) is 6.40. The van der Waals surface area contributed by atoms with E-state index in [2.05, 4.69) is 17.6 Å². The number of carbonyl (C=O) groups excluding carboxylic acids is 1. The van der Waals surface area contributed by atoms with Crippen LogP contribution in [-0.4, -0.2) is 31.7 Å². The molecular formula is C15H24N2O2S. The van der Waals surface area contributed by atoms with Crippen LogP contribution in [0, 0.1) is 5.92 Å². The summed E-state index contributed by atoms with van der Waals surface area (Å²) in [7, 11) is 0. The second kappa shape index (κ2) is 7.76. The molecule has 112 valence electrons. The zero-order valence-corrected chi connectivity index (χ0v) is 13.0. The Hall–Kier alpha value is -0.910. The third kappa shape index (κ3) is 4.58. The molecule has 0 aliphatic carbocycles. The molecule has 2 N–H and O–H groups in total. The van der Waals surface area contributed by atoms with Crippen molar-refractivity contribution in [3.05, 3.63) is 22.4 Å². The highest BCUT2D eigenvalue weighted by Crippen LogP contribution is 2.19. The number of carbonyl (C=O) groups is 1. The Kier molecular flexibility index (Phi) is 6.01. The van der Waals surface area contributed by atoms with Gasteiger partial charge in [-0.05, 0) is 44.1 Å². The first-order valence-electron chi connectivity index (χ1n) is 7.30. The highest BCUT2D eigenvalue weighted by molar-refractivity contribution is 7.10. The predicted octanol–water partition coefficient (Wildman–Crippen LogP) is 2.33. The molecule has 1 aliphatic heterocycles. The van der Waals surface area contributed by atoms with E-state index in [-0.39, 0.29) is 11.9 Å². The summed E-state index contributed by atoms with van der Waals surface area (Å²) < 4.78 is 5.36. The van der Waals surface area contributed by atoms with Crippen molar-refractivity contribution in [2.45, 2.75) is 38.8 Å². The summed E-state index contributed by atoms with van der Waals surface area (Å²) >= 11 is 1.67.